The highest BCUT2D eigenvalue weighted by atomic mass is 32.2. The number of anilines is 1. The first-order valence-corrected chi connectivity index (χ1v) is 6.32. The number of aliphatic hydroxyl groups is 1. The van der Waals surface area contributed by atoms with Gasteiger partial charge in [-0.1, -0.05) is 6.92 Å². The first kappa shape index (κ1) is 12.9. The minimum atomic E-state index is -3.63. The first-order chi connectivity index (χ1) is 7.49. The summed E-state index contributed by atoms with van der Waals surface area (Å²) in [6, 6.07) is 2.30. The second kappa shape index (κ2) is 5.24. The molecule has 0 aliphatic carbocycles. The van der Waals surface area contributed by atoms with Gasteiger partial charge in [-0.2, -0.15) is 0 Å². The third kappa shape index (κ3) is 3.16. The lowest BCUT2D eigenvalue weighted by molar-refractivity contribution is 0.254. The third-order valence-corrected chi connectivity index (χ3v) is 3.61. The van der Waals surface area contributed by atoms with E-state index in [1.54, 1.807) is 6.92 Å². The van der Waals surface area contributed by atoms with Crippen molar-refractivity contribution < 1.29 is 13.5 Å². The quantitative estimate of drug-likeness (QED) is 0.661. The summed E-state index contributed by atoms with van der Waals surface area (Å²) in [6.07, 6.45) is 1.69. The summed E-state index contributed by atoms with van der Waals surface area (Å²) < 4.78 is 25.9. The van der Waals surface area contributed by atoms with Gasteiger partial charge in [-0.25, -0.2) is 18.1 Å². The van der Waals surface area contributed by atoms with Gasteiger partial charge in [0.25, 0.3) is 0 Å². The smallest absolute Gasteiger partial charge is 0.242 e. The third-order valence-electron chi connectivity index (χ3n) is 2.10. The van der Waals surface area contributed by atoms with E-state index in [0.29, 0.717) is 6.42 Å². The van der Waals surface area contributed by atoms with Crippen LogP contribution in [0, 0.1) is 0 Å². The fourth-order valence-electron chi connectivity index (χ4n) is 1.09. The van der Waals surface area contributed by atoms with E-state index in [-0.39, 0.29) is 17.3 Å². The Hall–Kier alpha value is -1.18. The molecular weight excluding hydrogens is 230 g/mol. The fraction of sp³-hybridized carbons (Fsp3) is 0.444. The monoisotopic (exact) mass is 245 g/mol. The lowest BCUT2D eigenvalue weighted by Crippen LogP contribution is -2.36. The van der Waals surface area contributed by atoms with Gasteiger partial charge < -0.3 is 10.8 Å². The molecule has 1 atom stereocenters. The molecule has 0 aliphatic rings. The van der Waals surface area contributed by atoms with E-state index in [1.165, 1.54) is 18.3 Å². The van der Waals surface area contributed by atoms with Crippen molar-refractivity contribution in [3.8, 4) is 0 Å². The minimum Gasteiger partial charge on any atom is -0.395 e. The molecule has 0 bridgehead atoms. The van der Waals surface area contributed by atoms with Crippen LogP contribution in [-0.4, -0.2) is 31.2 Å². The maximum Gasteiger partial charge on any atom is 0.242 e. The number of nitrogens with two attached hydrogens (primary N) is 1. The summed E-state index contributed by atoms with van der Waals surface area (Å²) in [5.41, 5.74) is 5.36. The Bertz CT molecular complexity index is 426. The molecular formula is C9H15N3O3S. The van der Waals surface area contributed by atoms with E-state index >= 15 is 0 Å². The molecule has 6 nitrogen and oxygen atoms in total. The van der Waals surface area contributed by atoms with Crippen LogP contribution in [0.1, 0.15) is 13.3 Å². The number of sulfonamides is 1. The molecule has 0 radical (unpaired) electrons. The maximum atomic E-state index is 11.8. The standard InChI is InChI=1S/C9H15N3O3S/c1-2-7(6-13)12-16(14,15)8-3-4-9(10)11-5-8/h3-5,7,12-13H,2,6H2,1H3,(H2,10,11)/t7-/m0/s1. The van der Waals surface area contributed by atoms with Gasteiger partial charge in [-0.15, -0.1) is 0 Å². The Morgan fingerprint density at radius 2 is 2.25 bits per heavy atom. The average molecular weight is 245 g/mol. The highest BCUT2D eigenvalue weighted by Gasteiger charge is 2.18. The number of pyridine rings is 1. The summed E-state index contributed by atoms with van der Waals surface area (Å²) in [4.78, 5) is 3.74. The summed E-state index contributed by atoms with van der Waals surface area (Å²) in [7, 11) is -3.63. The normalized spacial score (nSPS) is 13.6. The molecule has 0 saturated carbocycles. The average Bonchev–Trinajstić information content (AvgIpc) is 2.26. The largest absolute Gasteiger partial charge is 0.395 e. The molecule has 0 fully saturated rings. The molecule has 0 spiro atoms. The first-order valence-electron chi connectivity index (χ1n) is 4.84. The predicted molar refractivity (Wildman–Crippen MR) is 60.1 cm³/mol. The van der Waals surface area contributed by atoms with Crippen molar-refractivity contribution in [2.75, 3.05) is 12.3 Å². The van der Waals surface area contributed by atoms with Crippen LogP contribution >= 0.6 is 0 Å². The second-order valence-corrected chi connectivity index (χ2v) is 5.04. The SMILES string of the molecule is CC[C@@H](CO)NS(=O)(=O)c1ccc(N)nc1. The molecule has 0 saturated heterocycles. The van der Waals surface area contributed by atoms with Gasteiger partial charge in [0, 0.05) is 12.2 Å². The molecule has 90 valence electrons. The Kier molecular flexibility index (Phi) is 4.22. The van der Waals surface area contributed by atoms with Gasteiger partial charge in [-0.05, 0) is 18.6 Å². The van der Waals surface area contributed by atoms with Crippen LogP contribution in [0.25, 0.3) is 0 Å². The van der Waals surface area contributed by atoms with E-state index in [1.807, 2.05) is 0 Å². The zero-order valence-electron chi connectivity index (χ0n) is 8.92. The van der Waals surface area contributed by atoms with Gasteiger partial charge in [0.05, 0.1) is 6.61 Å². The molecule has 0 aliphatic heterocycles. The van der Waals surface area contributed by atoms with E-state index in [9.17, 15) is 8.42 Å². The number of nitrogen functional groups attached to an aromatic ring is 1. The number of aliphatic hydroxyl groups excluding tert-OH is 1. The van der Waals surface area contributed by atoms with Crippen LogP contribution in [-0.2, 0) is 10.0 Å². The molecule has 1 rings (SSSR count). The van der Waals surface area contributed by atoms with E-state index in [0.717, 1.165) is 0 Å². The lowest BCUT2D eigenvalue weighted by atomic mass is 10.3. The van der Waals surface area contributed by atoms with Gasteiger partial charge in [-0.3, -0.25) is 0 Å². The summed E-state index contributed by atoms with van der Waals surface area (Å²) in [5.74, 6) is 0.258. The molecule has 7 heteroatoms. The number of nitrogens with one attached hydrogen (secondary N) is 1. The predicted octanol–water partition coefficient (Wildman–Crippen LogP) is -0.287. The van der Waals surface area contributed by atoms with Crippen molar-refractivity contribution in [3.05, 3.63) is 18.3 Å². The van der Waals surface area contributed by atoms with Crippen LogP contribution in [0.15, 0.2) is 23.2 Å². The Morgan fingerprint density at radius 3 is 2.69 bits per heavy atom. The number of nitrogens with zero attached hydrogens (tertiary/aromatic N) is 1. The number of rotatable bonds is 5. The van der Waals surface area contributed by atoms with Crippen LogP contribution in [0.3, 0.4) is 0 Å². The molecule has 1 aromatic rings. The van der Waals surface area contributed by atoms with Crippen molar-refractivity contribution >= 4 is 15.8 Å². The number of hydrogen-bond acceptors (Lipinski definition) is 5. The van der Waals surface area contributed by atoms with Crippen molar-refractivity contribution in [1.82, 2.24) is 9.71 Å². The van der Waals surface area contributed by atoms with Crippen molar-refractivity contribution in [3.63, 3.8) is 0 Å². The second-order valence-electron chi connectivity index (χ2n) is 3.33. The van der Waals surface area contributed by atoms with Gasteiger partial charge in [0.15, 0.2) is 0 Å². The number of aromatic nitrogens is 1. The molecule has 4 N–H and O–H groups in total. The van der Waals surface area contributed by atoms with E-state index < -0.39 is 16.1 Å². The van der Waals surface area contributed by atoms with Crippen LogP contribution in [0.5, 0.6) is 0 Å². The Morgan fingerprint density at radius 1 is 1.56 bits per heavy atom. The van der Waals surface area contributed by atoms with Gasteiger partial charge >= 0.3 is 0 Å². The number of hydrogen-bond donors (Lipinski definition) is 3. The van der Waals surface area contributed by atoms with Gasteiger partial charge in [0.1, 0.15) is 10.7 Å². The van der Waals surface area contributed by atoms with Gasteiger partial charge in [0.2, 0.25) is 10.0 Å². The van der Waals surface area contributed by atoms with Crippen LogP contribution in [0.2, 0.25) is 0 Å². The zero-order chi connectivity index (χ0) is 12.2. The molecule has 16 heavy (non-hydrogen) atoms. The highest BCUT2D eigenvalue weighted by molar-refractivity contribution is 7.89. The summed E-state index contributed by atoms with van der Waals surface area (Å²) >= 11 is 0. The van der Waals surface area contributed by atoms with E-state index in [4.69, 9.17) is 10.8 Å². The zero-order valence-corrected chi connectivity index (χ0v) is 9.74. The Balaban J connectivity index is 2.89. The lowest BCUT2D eigenvalue weighted by Gasteiger charge is -2.13. The molecule has 0 unspecified atom stereocenters. The van der Waals surface area contributed by atoms with Crippen molar-refractivity contribution in [1.29, 1.82) is 0 Å². The molecule has 1 aromatic heterocycles. The summed E-state index contributed by atoms with van der Waals surface area (Å²) in [5, 5.41) is 8.92. The summed E-state index contributed by atoms with van der Waals surface area (Å²) in [6.45, 7) is 1.54. The molecule has 0 aromatic carbocycles. The topological polar surface area (TPSA) is 105 Å². The van der Waals surface area contributed by atoms with Crippen molar-refractivity contribution in [2.24, 2.45) is 0 Å². The van der Waals surface area contributed by atoms with Crippen LogP contribution < -0.4 is 10.5 Å². The maximum absolute atomic E-state index is 11.8. The highest BCUT2D eigenvalue weighted by Crippen LogP contribution is 2.09. The van der Waals surface area contributed by atoms with Crippen LogP contribution in [0.4, 0.5) is 5.82 Å². The fourth-order valence-corrected chi connectivity index (χ4v) is 2.34. The minimum absolute atomic E-state index is 0.0357. The Labute approximate surface area is 94.6 Å². The van der Waals surface area contributed by atoms with Crippen molar-refractivity contribution in [2.45, 2.75) is 24.3 Å². The van der Waals surface area contributed by atoms with E-state index in [2.05, 4.69) is 9.71 Å². The molecule has 0 amide bonds. The molecule has 1 heterocycles.